The summed E-state index contributed by atoms with van der Waals surface area (Å²) in [5.41, 5.74) is 4.80. The molecule has 0 radical (unpaired) electrons. The maximum Gasteiger partial charge on any atom is 0.269 e. The maximum absolute atomic E-state index is 13.5. The molecule has 0 unspecified atom stereocenters. The van der Waals surface area contributed by atoms with Gasteiger partial charge in [0.05, 0.1) is 10.6 Å². The third-order valence-corrected chi connectivity index (χ3v) is 4.73. The first kappa shape index (κ1) is 17.0. The Kier molecular flexibility index (Phi) is 3.80. The molecule has 9 heteroatoms. The van der Waals surface area contributed by atoms with Crippen LogP contribution in [0.5, 0.6) is 0 Å². The summed E-state index contributed by atoms with van der Waals surface area (Å²) in [6.45, 7) is 0. The molecule has 1 aliphatic carbocycles. The zero-order valence-corrected chi connectivity index (χ0v) is 14.8. The van der Waals surface area contributed by atoms with Crippen molar-refractivity contribution in [1.29, 1.82) is 0 Å². The van der Waals surface area contributed by atoms with Crippen molar-refractivity contribution in [3.8, 4) is 22.8 Å². The van der Waals surface area contributed by atoms with Crippen LogP contribution in [0.3, 0.4) is 0 Å². The van der Waals surface area contributed by atoms with Gasteiger partial charge < -0.3 is 4.42 Å². The minimum Gasteiger partial charge on any atom is -0.415 e. The van der Waals surface area contributed by atoms with E-state index in [1.165, 1.54) is 24.3 Å². The summed E-state index contributed by atoms with van der Waals surface area (Å²) in [6.07, 6.45) is 3.88. The van der Waals surface area contributed by atoms with Gasteiger partial charge in [-0.2, -0.15) is 5.10 Å². The lowest BCUT2D eigenvalue weighted by Gasteiger charge is -1.98. The first-order valence-corrected chi connectivity index (χ1v) is 8.71. The Bertz CT molecular complexity index is 1270. The number of fused-ring (bicyclic) bond motifs is 3. The number of benzene rings is 2. The minimum atomic E-state index is -0.451. The van der Waals surface area contributed by atoms with Crippen molar-refractivity contribution in [2.24, 2.45) is 0 Å². The normalized spacial score (nSPS) is 12.3. The van der Waals surface area contributed by atoms with Crippen molar-refractivity contribution in [2.75, 3.05) is 0 Å². The molecule has 5 rings (SSSR count). The minimum absolute atomic E-state index is 0.0243. The van der Waals surface area contributed by atoms with Crippen LogP contribution < -0.4 is 0 Å². The summed E-state index contributed by atoms with van der Waals surface area (Å²) >= 11 is 0. The van der Waals surface area contributed by atoms with E-state index in [2.05, 4.69) is 20.4 Å². The molecule has 1 N–H and O–H groups in total. The van der Waals surface area contributed by atoms with Crippen LogP contribution in [0.25, 0.3) is 35.0 Å². The van der Waals surface area contributed by atoms with E-state index in [4.69, 9.17) is 4.42 Å². The molecule has 2 aromatic heterocycles. The largest absolute Gasteiger partial charge is 0.415 e. The highest BCUT2D eigenvalue weighted by atomic mass is 19.1. The summed E-state index contributed by atoms with van der Waals surface area (Å²) in [6, 6.07) is 10.7. The monoisotopic (exact) mass is 389 g/mol. The Morgan fingerprint density at radius 2 is 1.97 bits per heavy atom. The van der Waals surface area contributed by atoms with Crippen LogP contribution in [0.2, 0.25) is 0 Å². The molecule has 0 spiro atoms. The number of aromatic nitrogens is 4. The van der Waals surface area contributed by atoms with E-state index in [1.807, 2.05) is 0 Å². The van der Waals surface area contributed by atoms with Gasteiger partial charge in [-0.1, -0.05) is 0 Å². The van der Waals surface area contributed by atoms with Crippen LogP contribution in [-0.2, 0) is 6.42 Å². The number of hydrogen-bond donors (Lipinski definition) is 1. The Morgan fingerprint density at radius 1 is 1.14 bits per heavy atom. The average molecular weight is 389 g/mol. The van der Waals surface area contributed by atoms with E-state index in [-0.39, 0.29) is 23.3 Å². The van der Waals surface area contributed by atoms with Gasteiger partial charge in [-0.25, -0.2) is 4.39 Å². The molecule has 0 atom stereocenters. The smallest absolute Gasteiger partial charge is 0.269 e. The Balaban J connectivity index is 1.39. The van der Waals surface area contributed by atoms with Crippen LogP contribution in [0, 0.1) is 15.9 Å². The standard InChI is InChI=1S/C20H12FN5O3/c21-13-4-7-15-12(9-13)10-16-18(15)23-24-19(16)20-25-22-17(29-20)8-3-11-1-5-14(6-2-11)26(27)28/h1-9H,10H2,(H,23,24)/b8-3+. The SMILES string of the molecule is O=[N+]([O-])c1ccc(/C=C/c2nnc(-c3[nH]nc4c3Cc3cc(F)ccc3-4)o2)cc1. The van der Waals surface area contributed by atoms with E-state index in [1.54, 1.807) is 30.4 Å². The van der Waals surface area contributed by atoms with E-state index >= 15 is 0 Å². The van der Waals surface area contributed by atoms with Crippen molar-refractivity contribution in [3.05, 3.63) is 81.0 Å². The van der Waals surface area contributed by atoms with Gasteiger partial charge in [0.15, 0.2) is 0 Å². The van der Waals surface area contributed by atoms with E-state index < -0.39 is 4.92 Å². The molecule has 2 heterocycles. The Hall–Kier alpha value is -4.14. The number of non-ortho nitro benzene ring substituents is 1. The zero-order valence-electron chi connectivity index (χ0n) is 14.8. The molecule has 1 aliphatic rings. The lowest BCUT2D eigenvalue weighted by Crippen LogP contribution is -1.88. The molecule has 0 amide bonds. The molecular weight excluding hydrogens is 377 g/mol. The second-order valence-electron chi connectivity index (χ2n) is 6.53. The van der Waals surface area contributed by atoms with Gasteiger partial charge >= 0.3 is 0 Å². The molecule has 29 heavy (non-hydrogen) atoms. The van der Waals surface area contributed by atoms with Crippen LogP contribution in [0.1, 0.15) is 22.6 Å². The predicted molar refractivity (Wildman–Crippen MR) is 102 cm³/mol. The van der Waals surface area contributed by atoms with Gasteiger partial charge in [0.2, 0.25) is 5.89 Å². The number of rotatable bonds is 4. The fraction of sp³-hybridized carbons (Fsp3) is 0.0500. The first-order chi connectivity index (χ1) is 14.1. The average Bonchev–Trinajstić information content (AvgIpc) is 3.41. The van der Waals surface area contributed by atoms with Crippen molar-refractivity contribution >= 4 is 17.8 Å². The van der Waals surface area contributed by atoms with Crippen molar-refractivity contribution in [1.82, 2.24) is 20.4 Å². The Labute approximate surface area is 162 Å². The van der Waals surface area contributed by atoms with Crippen LogP contribution in [0.4, 0.5) is 10.1 Å². The van der Waals surface area contributed by atoms with Crippen molar-refractivity contribution < 1.29 is 13.7 Å². The summed E-state index contributed by atoms with van der Waals surface area (Å²) in [7, 11) is 0. The van der Waals surface area contributed by atoms with Crippen molar-refractivity contribution in [2.45, 2.75) is 6.42 Å². The number of halogens is 1. The number of nitro groups is 1. The fourth-order valence-electron chi connectivity index (χ4n) is 3.34. The molecule has 0 bridgehead atoms. The fourth-order valence-corrected chi connectivity index (χ4v) is 3.34. The number of nitrogens with zero attached hydrogens (tertiary/aromatic N) is 4. The number of aromatic amines is 1. The van der Waals surface area contributed by atoms with Crippen molar-refractivity contribution in [3.63, 3.8) is 0 Å². The highest BCUT2D eigenvalue weighted by Crippen LogP contribution is 2.39. The molecular formula is C20H12FN5O3. The number of nitrogens with one attached hydrogen (secondary N) is 1. The quantitative estimate of drug-likeness (QED) is 0.363. The molecule has 8 nitrogen and oxygen atoms in total. The summed E-state index contributed by atoms with van der Waals surface area (Å²) in [4.78, 5) is 10.3. The van der Waals surface area contributed by atoms with Gasteiger partial charge in [-0.15, -0.1) is 10.2 Å². The summed E-state index contributed by atoms with van der Waals surface area (Å²) in [5, 5.41) is 26.0. The maximum atomic E-state index is 13.5. The van der Waals surface area contributed by atoms with Gasteiger partial charge in [0.1, 0.15) is 11.5 Å². The molecule has 2 aromatic carbocycles. The lowest BCUT2D eigenvalue weighted by atomic mass is 10.1. The van der Waals surface area contributed by atoms with Gasteiger partial charge in [-0.3, -0.25) is 15.2 Å². The summed E-state index contributed by atoms with van der Waals surface area (Å²) in [5.74, 6) is 0.287. The third kappa shape index (κ3) is 2.98. The summed E-state index contributed by atoms with van der Waals surface area (Å²) < 4.78 is 19.2. The molecule has 142 valence electrons. The lowest BCUT2D eigenvalue weighted by molar-refractivity contribution is -0.384. The van der Waals surface area contributed by atoms with Gasteiger partial charge in [0.25, 0.3) is 11.6 Å². The number of hydrogen-bond acceptors (Lipinski definition) is 6. The van der Waals surface area contributed by atoms with Crippen LogP contribution in [-0.4, -0.2) is 25.3 Å². The van der Waals surface area contributed by atoms with Gasteiger partial charge in [-0.05, 0) is 47.5 Å². The Morgan fingerprint density at radius 3 is 2.76 bits per heavy atom. The zero-order chi connectivity index (χ0) is 20.0. The van der Waals surface area contributed by atoms with Crippen LogP contribution >= 0.6 is 0 Å². The first-order valence-electron chi connectivity index (χ1n) is 8.71. The van der Waals surface area contributed by atoms with Gasteiger partial charge in [0, 0.05) is 35.8 Å². The number of nitro benzene ring substituents is 1. The van der Waals surface area contributed by atoms with E-state index in [0.717, 1.165) is 27.9 Å². The van der Waals surface area contributed by atoms with E-state index in [0.29, 0.717) is 12.1 Å². The predicted octanol–water partition coefficient (Wildman–Crippen LogP) is 4.25. The molecule has 0 aliphatic heterocycles. The molecule has 0 saturated carbocycles. The highest BCUT2D eigenvalue weighted by molar-refractivity contribution is 5.79. The number of H-pyrrole nitrogens is 1. The molecule has 0 saturated heterocycles. The van der Waals surface area contributed by atoms with Crippen LogP contribution in [0.15, 0.2) is 46.9 Å². The molecule has 4 aromatic rings. The topological polar surface area (TPSA) is 111 Å². The second-order valence-corrected chi connectivity index (χ2v) is 6.53. The third-order valence-electron chi connectivity index (χ3n) is 4.73. The molecule has 0 fully saturated rings. The second kappa shape index (κ2) is 6.48. The van der Waals surface area contributed by atoms with E-state index in [9.17, 15) is 14.5 Å². The highest BCUT2D eigenvalue weighted by Gasteiger charge is 2.27.